The summed E-state index contributed by atoms with van der Waals surface area (Å²) in [5.41, 5.74) is 4.78. The van der Waals surface area contributed by atoms with Crippen molar-refractivity contribution in [2.75, 3.05) is 60.9 Å². The van der Waals surface area contributed by atoms with Crippen LogP contribution >= 0.6 is 0 Å². The Labute approximate surface area is 358 Å². The van der Waals surface area contributed by atoms with E-state index in [0.29, 0.717) is 88.0 Å². The molecule has 4 heterocycles. The number of carbonyl (C=O) groups excluding carboxylic acids is 2. The maximum Gasteiger partial charge on any atom is 0.348 e. The van der Waals surface area contributed by atoms with Crippen LogP contribution in [0, 0.1) is 0 Å². The van der Waals surface area contributed by atoms with Crippen molar-refractivity contribution in [3.63, 3.8) is 0 Å². The smallest absolute Gasteiger partial charge is 0.348 e. The van der Waals surface area contributed by atoms with Crippen molar-refractivity contribution in [3.8, 4) is 34.3 Å². The highest BCUT2D eigenvalue weighted by Crippen LogP contribution is 2.38. The number of benzene rings is 4. The fourth-order valence-corrected chi connectivity index (χ4v) is 8.25. The Balaban J connectivity index is 0.909. The van der Waals surface area contributed by atoms with E-state index in [4.69, 9.17) is 9.97 Å². The van der Waals surface area contributed by atoms with Gasteiger partial charge in [0.2, 0.25) is 17.8 Å². The van der Waals surface area contributed by atoms with Gasteiger partial charge in [0, 0.05) is 81.0 Å². The monoisotopic (exact) mass is 838 g/mol. The zero-order valence-electron chi connectivity index (χ0n) is 34.8. The second-order valence-corrected chi connectivity index (χ2v) is 15.9. The third-order valence-corrected chi connectivity index (χ3v) is 11.5. The molecular weight excluding hydrogens is 789 g/mol. The number of fused-ring (bicyclic) bond motifs is 2. The molecule has 2 amide bonds. The molecular formula is C46H50N10O6. The molecule has 6 aromatic rings. The highest BCUT2D eigenvalue weighted by Gasteiger charge is 2.29. The molecule has 0 aliphatic carbocycles. The summed E-state index contributed by atoms with van der Waals surface area (Å²) < 4.78 is 1.36. The van der Waals surface area contributed by atoms with Crippen LogP contribution in [-0.4, -0.2) is 103 Å². The van der Waals surface area contributed by atoms with Gasteiger partial charge in [-0.05, 0) is 65.6 Å². The first kappa shape index (κ1) is 41.4. The fraction of sp³-hybridized carbons (Fsp3) is 0.304. The van der Waals surface area contributed by atoms with Crippen LogP contribution in [0.25, 0.3) is 27.8 Å². The van der Waals surface area contributed by atoms with E-state index in [0.717, 1.165) is 39.1 Å². The first-order valence-electron chi connectivity index (χ1n) is 20.8. The number of H-pyrrole nitrogens is 1. The summed E-state index contributed by atoms with van der Waals surface area (Å²) in [6, 6.07) is 21.8. The van der Waals surface area contributed by atoms with Crippen LogP contribution in [0.3, 0.4) is 0 Å². The van der Waals surface area contributed by atoms with Crippen molar-refractivity contribution in [1.82, 2.24) is 34.9 Å². The predicted molar refractivity (Wildman–Crippen MR) is 238 cm³/mol. The van der Waals surface area contributed by atoms with Crippen LogP contribution in [0.15, 0.2) is 90.2 Å². The number of piperazine rings is 1. The molecule has 2 aliphatic heterocycles. The Morgan fingerprint density at radius 2 is 1.68 bits per heavy atom. The fourth-order valence-electron chi connectivity index (χ4n) is 8.25. The van der Waals surface area contributed by atoms with Gasteiger partial charge < -0.3 is 40.7 Å². The van der Waals surface area contributed by atoms with Crippen molar-refractivity contribution < 1.29 is 24.9 Å². The number of hydrogen-bond donors (Lipinski definition) is 6. The van der Waals surface area contributed by atoms with E-state index in [1.165, 1.54) is 16.7 Å². The van der Waals surface area contributed by atoms with Gasteiger partial charge in [-0.2, -0.15) is 10.1 Å². The summed E-state index contributed by atoms with van der Waals surface area (Å²) in [5, 5.41) is 46.5. The van der Waals surface area contributed by atoms with Gasteiger partial charge in [0.15, 0.2) is 5.82 Å². The lowest BCUT2D eigenvalue weighted by Crippen LogP contribution is -2.49. The molecule has 8 rings (SSSR count). The van der Waals surface area contributed by atoms with E-state index < -0.39 is 5.69 Å². The topological polar surface area (TPSA) is 205 Å². The Morgan fingerprint density at radius 1 is 0.903 bits per heavy atom. The third kappa shape index (κ3) is 8.62. The molecule has 16 nitrogen and oxygen atoms in total. The minimum atomic E-state index is -0.479. The SMILES string of the molecule is C=CC(=O)N1CCN(c2nc(NCCC(=O)NCCc3ccc(-n4c(-c5cc(C(C)C)c(O)cc5O)n[nH]c4=O)cc3)nc3c2CCN(c2cc(O)cc4ccccc24)C3)CC1. The Kier molecular flexibility index (Phi) is 11.8. The molecule has 4 aromatic carbocycles. The van der Waals surface area contributed by atoms with E-state index in [9.17, 15) is 29.7 Å². The standard InChI is InChI=1S/C46H50N10O6/c1-4-42(61)53-19-21-54(22-20-53)43-34-15-18-55(38-24-32(57)23-30-7-5-6-8-33(30)38)27-37(34)49-45(50-43)48-17-14-41(60)47-16-13-29-9-11-31(12-10-29)56-44(51-52-46(56)62)36-25-35(28(2)3)39(58)26-40(36)59/h4-12,23-26,28,57-59H,1,13-22,27H2,2-3H3,(H,47,60)(H,52,62)(H,48,49,50). The van der Waals surface area contributed by atoms with E-state index in [1.54, 1.807) is 35.2 Å². The lowest BCUT2D eigenvalue weighted by molar-refractivity contribution is -0.126. The molecule has 16 heteroatoms. The number of aromatic amines is 1. The summed E-state index contributed by atoms with van der Waals surface area (Å²) >= 11 is 0. The predicted octanol–water partition coefficient (Wildman–Crippen LogP) is 4.97. The molecule has 1 saturated heterocycles. The highest BCUT2D eigenvalue weighted by atomic mass is 16.3. The number of amides is 2. The molecule has 1 fully saturated rings. The number of aromatic hydroxyl groups is 3. The molecule has 2 aliphatic rings. The Hall–Kier alpha value is -7.36. The van der Waals surface area contributed by atoms with E-state index >= 15 is 0 Å². The van der Waals surface area contributed by atoms with Crippen LogP contribution in [0.5, 0.6) is 17.2 Å². The van der Waals surface area contributed by atoms with Gasteiger partial charge in [-0.1, -0.05) is 56.8 Å². The summed E-state index contributed by atoms with van der Waals surface area (Å²) in [4.78, 5) is 54.3. The molecule has 0 saturated carbocycles. The number of nitrogens with zero attached hydrogens (tertiary/aromatic N) is 7. The van der Waals surface area contributed by atoms with Crippen LogP contribution in [0.1, 0.15) is 48.6 Å². The van der Waals surface area contributed by atoms with Crippen LogP contribution in [0.2, 0.25) is 0 Å². The maximum atomic E-state index is 13.0. The van der Waals surface area contributed by atoms with Gasteiger partial charge in [-0.3, -0.25) is 9.59 Å². The molecule has 320 valence electrons. The second-order valence-electron chi connectivity index (χ2n) is 15.9. The summed E-state index contributed by atoms with van der Waals surface area (Å²) in [6.45, 7) is 11.7. The lowest BCUT2D eigenvalue weighted by Gasteiger charge is -2.38. The van der Waals surface area contributed by atoms with Crippen molar-refractivity contribution in [2.24, 2.45) is 0 Å². The largest absolute Gasteiger partial charge is 0.508 e. The number of hydrogen-bond acceptors (Lipinski definition) is 12. The Morgan fingerprint density at radius 3 is 2.44 bits per heavy atom. The van der Waals surface area contributed by atoms with Gasteiger partial charge in [-0.25, -0.2) is 19.4 Å². The summed E-state index contributed by atoms with van der Waals surface area (Å²) in [5.74, 6) is 1.17. The zero-order valence-corrected chi connectivity index (χ0v) is 34.8. The molecule has 0 unspecified atom stereocenters. The number of phenolic OH excluding ortho intramolecular Hbond substituents is 3. The summed E-state index contributed by atoms with van der Waals surface area (Å²) in [6.07, 6.45) is 2.78. The minimum Gasteiger partial charge on any atom is -0.508 e. The van der Waals surface area contributed by atoms with Gasteiger partial charge in [-0.15, -0.1) is 0 Å². The van der Waals surface area contributed by atoms with Gasteiger partial charge >= 0.3 is 5.69 Å². The number of anilines is 3. The maximum absolute atomic E-state index is 13.0. The normalized spacial score (nSPS) is 14.0. The van der Waals surface area contributed by atoms with Crippen molar-refractivity contribution in [2.45, 2.75) is 45.6 Å². The molecule has 0 radical (unpaired) electrons. The number of carbonyl (C=O) groups is 2. The van der Waals surface area contributed by atoms with Crippen LogP contribution < -0.4 is 26.1 Å². The molecule has 0 atom stereocenters. The van der Waals surface area contributed by atoms with Crippen molar-refractivity contribution >= 4 is 40.0 Å². The lowest BCUT2D eigenvalue weighted by atomic mass is 9.98. The number of aromatic nitrogens is 5. The van der Waals surface area contributed by atoms with Crippen molar-refractivity contribution in [1.29, 1.82) is 0 Å². The first-order chi connectivity index (χ1) is 30.0. The first-order valence-corrected chi connectivity index (χ1v) is 20.8. The molecule has 62 heavy (non-hydrogen) atoms. The average Bonchev–Trinajstić information content (AvgIpc) is 3.65. The van der Waals surface area contributed by atoms with Gasteiger partial charge in [0.05, 0.1) is 23.5 Å². The van der Waals surface area contributed by atoms with Crippen LogP contribution in [-0.2, 0) is 29.0 Å². The van der Waals surface area contributed by atoms with E-state index in [1.807, 2.05) is 44.2 Å². The van der Waals surface area contributed by atoms with Gasteiger partial charge in [0.1, 0.15) is 23.1 Å². The number of nitrogens with one attached hydrogen (secondary N) is 3. The second kappa shape index (κ2) is 17.7. The number of phenols is 3. The quantitative estimate of drug-likeness (QED) is 0.0854. The van der Waals surface area contributed by atoms with E-state index in [2.05, 4.69) is 43.3 Å². The van der Waals surface area contributed by atoms with Crippen LogP contribution in [0.4, 0.5) is 17.5 Å². The summed E-state index contributed by atoms with van der Waals surface area (Å²) in [7, 11) is 0. The number of rotatable bonds is 13. The molecule has 0 bridgehead atoms. The Bertz CT molecular complexity index is 2700. The third-order valence-electron chi connectivity index (χ3n) is 11.5. The highest BCUT2D eigenvalue weighted by molar-refractivity contribution is 5.96. The molecule has 2 aromatic heterocycles. The average molecular weight is 839 g/mol. The molecule has 6 N–H and O–H groups in total. The zero-order chi connectivity index (χ0) is 43.5. The van der Waals surface area contributed by atoms with Gasteiger partial charge in [0.25, 0.3) is 0 Å². The van der Waals surface area contributed by atoms with Crippen molar-refractivity contribution in [3.05, 3.63) is 118 Å². The minimum absolute atomic E-state index is 0.0246. The molecule has 0 spiro atoms. The van der Waals surface area contributed by atoms with E-state index in [-0.39, 0.29) is 47.2 Å².